The largest absolute Gasteiger partial charge is 0.459 e. The Morgan fingerprint density at radius 3 is 2.42 bits per heavy atom. The zero-order chi connectivity index (χ0) is 13.4. The van der Waals surface area contributed by atoms with Gasteiger partial charge in [0.2, 0.25) is 0 Å². The van der Waals surface area contributed by atoms with Gasteiger partial charge >= 0.3 is 0 Å². The summed E-state index contributed by atoms with van der Waals surface area (Å²) in [5, 5.41) is 1.11. The van der Waals surface area contributed by atoms with Gasteiger partial charge in [0.1, 0.15) is 11.3 Å². The van der Waals surface area contributed by atoms with Gasteiger partial charge in [0.05, 0.1) is 6.04 Å². The molecular weight excluding hydrogens is 234 g/mol. The van der Waals surface area contributed by atoms with Gasteiger partial charge in [0.15, 0.2) is 0 Å². The number of nitrogens with two attached hydrogens (primary N) is 1. The average molecular weight is 251 g/mol. The second-order valence-corrected chi connectivity index (χ2v) is 5.03. The van der Waals surface area contributed by atoms with E-state index in [1.807, 2.05) is 25.1 Å². The summed E-state index contributed by atoms with van der Waals surface area (Å²) in [6, 6.07) is 16.2. The van der Waals surface area contributed by atoms with Gasteiger partial charge < -0.3 is 10.2 Å². The highest BCUT2D eigenvalue weighted by molar-refractivity contribution is 5.81. The molecule has 0 spiro atoms. The first-order valence-corrected chi connectivity index (χ1v) is 6.46. The van der Waals surface area contributed by atoms with Crippen molar-refractivity contribution in [1.29, 1.82) is 0 Å². The molecule has 0 saturated carbocycles. The lowest BCUT2D eigenvalue weighted by atomic mass is 10.0. The van der Waals surface area contributed by atoms with Crippen molar-refractivity contribution in [1.82, 2.24) is 0 Å². The fraction of sp³-hybridized carbons (Fsp3) is 0.176. The molecule has 3 rings (SSSR count). The van der Waals surface area contributed by atoms with Crippen LogP contribution in [0.3, 0.4) is 0 Å². The Hall–Kier alpha value is -2.06. The van der Waals surface area contributed by atoms with Gasteiger partial charge in [0, 0.05) is 5.39 Å². The van der Waals surface area contributed by atoms with E-state index >= 15 is 0 Å². The topological polar surface area (TPSA) is 39.2 Å². The van der Waals surface area contributed by atoms with E-state index in [2.05, 4.69) is 37.3 Å². The number of fused-ring (bicyclic) bond motifs is 1. The molecule has 0 radical (unpaired) electrons. The van der Waals surface area contributed by atoms with Crippen molar-refractivity contribution in [2.24, 2.45) is 5.73 Å². The number of aryl methyl sites for hydroxylation is 2. The maximum Gasteiger partial charge on any atom is 0.137 e. The molecule has 1 heterocycles. The van der Waals surface area contributed by atoms with E-state index in [0.29, 0.717) is 0 Å². The van der Waals surface area contributed by atoms with E-state index < -0.39 is 0 Å². The highest BCUT2D eigenvalue weighted by Gasteiger charge is 2.14. The van der Waals surface area contributed by atoms with Crippen LogP contribution in [0.5, 0.6) is 0 Å². The normalized spacial score (nSPS) is 12.8. The first-order chi connectivity index (χ1) is 9.15. The van der Waals surface area contributed by atoms with Gasteiger partial charge in [-0.1, -0.05) is 48.0 Å². The van der Waals surface area contributed by atoms with Gasteiger partial charge in [-0.2, -0.15) is 0 Å². The molecule has 0 saturated heterocycles. The van der Waals surface area contributed by atoms with Crippen LogP contribution in [0.1, 0.15) is 28.5 Å². The molecular formula is C17H17NO. The van der Waals surface area contributed by atoms with E-state index in [1.54, 1.807) is 0 Å². The minimum absolute atomic E-state index is 0.215. The lowest BCUT2D eigenvalue weighted by Gasteiger charge is -2.09. The van der Waals surface area contributed by atoms with Gasteiger partial charge in [-0.25, -0.2) is 0 Å². The molecule has 0 aliphatic heterocycles. The summed E-state index contributed by atoms with van der Waals surface area (Å²) in [6.45, 7) is 4.12. The quantitative estimate of drug-likeness (QED) is 0.744. The van der Waals surface area contributed by atoms with E-state index in [9.17, 15) is 0 Å². The molecule has 19 heavy (non-hydrogen) atoms. The summed E-state index contributed by atoms with van der Waals surface area (Å²) >= 11 is 0. The Bertz CT molecular complexity index is 710. The monoisotopic (exact) mass is 251 g/mol. The molecule has 0 fully saturated rings. The van der Waals surface area contributed by atoms with Crippen molar-refractivity contribution in [3.8, 4) is 0 Å². The highest BCUT2D eigenvalue weighted by Crippen LogP contribution is 2.28. The zero-order valence-electron chi connectivity index (χ0n) is 11.2. The molecule has 2 heteroatoms. The molecule has 3 aromatic rings. The Morgan fingerprint density at radius 1 is 1.00 bits per heavy atom. The average Bonchev–Trinajstić information content (AvgIpc) is 2.84. The molecule has 0 aliphatic carbocycles. The third-order valence-electron chi connectivity index (χ3n) is 3.50. The SMILES string of the molecule is Cc1ccc(C(N)c2cc3cccc(C)c3o2)cc1. The summed E-state index contributed by atoms with van der Waals surface area (Å²) in [5.41, 5.74) is 10.7. The van der Waals surface area contributed by atoms with E-state index in [4.69, 9.17) is 10.2 Å². The number of hydrogen-bond donors (Lipinski definition) is 1. The predicted octanol–water partition coefficient (Wildman–Crippen LogP) is 4.10. The van der Waals surface area contributed by atoms with Crippen LogP contribution in [-0.4, -0.2) is 0 Å². The number of rotatable bonds is 2. The van der Waals surface area contributed by atoms with E-state index in [1.165, 1.54) is 5.56 Å². The van der Waals surface area contributed by atoms with Crippen LogP contribution in [-0.2, 0) is 0 Å². The Morgan fingerprint density at radius 2 is 1.74 bits per heavy atom. The predicted molar refractivity (Wildman–Crippen MR) is 78.2 cm³/mol. The number of hydrogen-bond acceptors (Lipinski definition) is 2. The molecule has 2 N–H and O–H groups in total. The zero-order valence-corrected chi connectivity index (χ0v) is 11.2. The summed E-state index contributed by atoms with van der Waals surface area (Å²) in [4.78, 5) is 0. The van der Waals surface area contributed by atoms with E-state index in [0.717, 1.165) is 27.9 Å². The fourth-order valence-electron chi connectivity index (χ4n) is 2.32. The molecule has 1 aromatic heterocycles. The minimum atomic E-state index is -0.215. The molecule has 0 aliphatic rings. The summed E-state index contributed by atoms with van der Waals surface area (Å²) in [6.07, 6.45) is 0. The lowest BCUT2D eigenvalue weighted by molar-refractivity contribution is 0.523. The third-order valence-corrected chi connectivity index (χ3v) is 3.50. The van der Waals surface area contributed by atoms with Crippen LogP contribution in [0.25, 0.3) is 11.0 Å². The molecule has 0 bridgehead atoms. The van der Waals surface area contributed by atoms with Crippen LogP contribution in [0.15, 0.2) is 52.9 Å². The van der Waals surface area contributed by atoms with Gasteiger partial charge in [0.25, 0.3) is 0 Å². The summed E-state index contributed by atoms with van der Waals surface area (Å²) < 4.78 is 5.92. The van der Waals surface area contributed by atoms with E-state index in [-0.39, 0.29) is 6.04 Å². The van der Waals surface area contributed by atoms with Crippen molar-refractivity contribution in [2.75, 3.05) is 0 Å². The van der Waals surface area contributed by atoms with Crippen molar-refractivity contribution in [3.63, 3.8) is 0 Å². The lowest BCUT2D eigenvalue weighted by Crippen LogP contribution is -2.10. The Kier molecular flexibility index (Phi) is 2.88. The van der Waals surface area contributed by atoms with Crippen LogP contribution in [0.4, 0.5) is 0 Å². The smallest absolute Gasteiger partial charge is 0.137 e. The molecule has 96 valence electrons. The third kappa shape index (κ3) is 2.15. The highest BCUT2D eigenvalue weighted by atomic mass is 16.3. The Balaban J connectivity index is 2.04. The molecule has 1 unspecified atom stereocenters. The van der Waals surface area contributed by atoms with Crippen molar-refractivity contribution >= 4 is 11.0 Å². The van der Waals surface area contributed by atoms with Crippen molar-refractivity contribution in [2.45, 2.75) is 19.9 Å². The van der Waals surface area contributed by atoms with Gasteiger partial charge in [-0.3, -0.25) is 0 Å². The van der Waals surface area contributed by atoms with Gasteiger partial charge in [-0.15, -0.1) is 0 Å². The second kappa shape index (κ2) is 4.56. The van der Waals surface area contributed by atoms with Crippen LogP contribution in [0.2, 0.25) is 0 Å². The van der Waals surface area contributed by atoms with Crippen molar-refractivity contribution < 1.29 is 4.42 Å². The molecule has 2 aromatic carbocycles. The maximum absolute atomic E-state index is 6.29. The molecule has 1 atom stereocenters. The van der Waals surface area contributed by atoms with Gasteiger partial charge in [-0.05, 0) is 31.0 Å². The maximum atomic E-state index is 6.29. The first kappa shape index (κ1) is 12.0. The van der Waals surface area contributed by atoms with Crippen LogP contribution >= 0.6 is 0 Å². The molecule has 2 nitrogen and oxygen atoms in total. The minimum Gasteiger partial charge on any atom is -0.459 e. The fourth-order valence-corrected chi connectivity index (χ4v) is 2.32. The Labute approximate surface area is 112 Å². The summed E-state index contributed by atoms with van der Waals surface area (Å²) in [7, 11) is 0. The summed E-state index contributed by atoms with van der Waals surface area (Å²) in [5.74, 6) is 0.813. The standard InChI is InChI=1S/C17H17NO/c1-11-6-8-13(9-7-11)16(18)15-10-14-5-3-4-12(2)17(14)19-15/h3-10,16H,18H2,1-2H3. The van der Waals surface area contributed by atoms with Crippen molar-refractivity contribution in [3.05, 3.63) is 71.0 Å². The number of para-hydroxylation sites is 1. The van der Waals surface area contributed by atoms with Crippen LogP contribution in [0, 0.1) is 13.8 Å². The van der Waals surface area contributed by atoms with Crippen LogP contribution < -0.4 is 5.73 Å². The number of benzene rings is 2. The number of furan rings is 1. The first-order valence-electron chi connectivity index (χ1n) is 6.46. The molecule has 0 amide bonds. The second-order valence-electron chi connectivity index (χ2n) is 5.03.